The molecule has 0 saturated heterocycles. The number of hydrogen-bond donors (Lipinski definition) is 0. The Morgan fingerprint density at radius 1 is 1.75 bits per heavy atom. The minimum absolute atomic E-state index is 0.504. The zero-order valence-corrected chi connectivity index (χ0v) is 5.66. The Balaban J connectivity index is 2.62. The van der Waals surface area contributed by atoms with E-state index in [1.54, 1.807) is 11.8 Å². The fourth-order valence-electron chi connectivity index (χ4n) is 0.317. The van der Waals surface area contributed by atoms with E-state index in [2.05, 4.69) is 4.74 Å². The van der Waals surface area contributed by atoms with Gasteiger partial charge in [0.15, 0.2) is 0 Å². The van der Waals surface area contributed by atoms with Crippen molar-refractivity contribution in [2.45, 2.75) is 6.42 Å². The van der Waals surface area contributed by atoms with Crippen molar-refractivity contribution < 1.29 is 9.53 Å². The van der Waals surface area contributed by atoms with Crippen molar-refractivity contribution in [1.82, 2.24) is 0 Å². The third kappa shape index (κ3) is 5.82. The Bertz CT molecular complexity index is 56.4. The van der Waals surface area contributed by atoms with Gasteiger partial charge in [0.25, 0.3) is 0 Å². The first kappa shape index (κ1) is 7.82. The highest BCUT2D eigenvalue weighted by Gasteiger charge is 1.83. The van der Waals surface area contributed by atoms with Crippen LogP contribution in [0.4, 0.5) is 0 Å². The summed E-state index contributed by atoms with van der Waals surface area (Å²) in [6, 6.07) is 0. The molecule has 0 fully saturated rings. The van der Waals surface area contributed by atoms with Crippen molar-refractivity contribution in [3.63, 3.8) is 0 Å². The van der Waals surface area contributed by atoms with Gasteiger partial charge in [-0.25, -0.2) is 4.79 Å². The highest BCUT2D eigenvalue weighted by atomic mass is 32.2. The van der Waals surface area contributed by atoms with Gasteiger partial charge in [0, 0.05) is 0 Å². The first-order valence-electron chi connectivity index (χ1n) is 2.39. The van der Waals surface area contributed by atoms with E-state index in [1.165, 1.54) is 6.47 Å². The van der Waals surface area contributed by atoms with Crippen LogP contribution in [0.3, 0.4) is 0 Å². The Labute approximate surface area is 53.6 Å². The predicted octanol–water partition coefficient (Wildman–Crippen LogP) is 0.823. The molecule has 0 rings (SSSR count). The van der Waals surface area contributed by atoms with Crippen molar-refractivity contribution in [3.8, 4) is 0 Å². The van der Waals surface area contributed by atoms with Gasteiger partial charge in [0.2, 0.25) is 0 Å². The Morgan fingerprint density at radius 2 is 2.50 bits per heavy atom. The van der Waals surface area contributed by atoms with Gasteiger partial charge in [-0.15, -0.1) is 0 Å². The molecular weight excluding hydrogens is 124 g/mol. The molecule has 0 aromatic heterocycles. The molecule has 1 radical (unpaired) electrons. The molecule has 3 heteroatoms. The molecule has 0 heterocycles. The minimum Gasteiger partial charge on any atom is -0.457 e. The van der Waals surface area contributed by atoms with Crippen LogP contribution in [0.5, 0.6) is 0 Å². The Morgan fingerprint density at radius 3 is 3.00 bits per heavy atom. The second kappa shape index (κ2) is 6.82. The molecule has 0 aliphatic carbocycles. The summed E-state index contributed by atoms with van der Waals surface area (Å²) < 4.78 is 4.32. The van der Waals surface area contributed by atoms with Crippen LogP contribution in [-0.4, -0.2) is 25.1 Å². The average molecular weight is 133 g/mol. The third-order valence-electron chi connectivity index (χ3n) is 0.654. The van der Waals surface area contributed by atoms with Crippen molar-refractivity contribution >= 4 is 18.2 Å². The van der Waals surface area contributed by atoms with E-state index in [0.717, 1.165) is 12.2 Å². The van der Waals surface area contributed by atoms with Gasteiger partial charge in [-0.3, -0.25) is 0 Å². The quantitative estimate of drug-likeness (QED) is 0.519. The summed E-state index contributed by atoms with van der Waals surface area (Å²) >= 11 is 1.74. The van der Waals surface area contributed by atoms with E-state index in [0.29, 0.717) is 6.61 Å². The molecule has 0 aliphatic rings. The van der Waals surface area contributed by atoms with Gasteiger partial charge in [-0.1, -0.05) is 0 Å². The molecule has 0 N–H and O–H groups in total. The molecular formula is C5H9O2S. The molecule has 2 nitrogen and oxygen atoms in total. The lowest BCUT2D eigenvalue weighted by atomic mass is 10.5. The van der Waals surface area contributed by atoms with E-state index >= 15 is 0 Å². The van der Waals surface area contributed by atoms with Crippen LogP contribution in [0.2, 0.25) is 0 Å². The van der Waals surface area contributed by atoms with Crippen molar-refractivity contribution in [1.29, 1.82) is 0 Å². The fourth-order valence-corrected chi connectivity index (χ4v) is 0.724. The Hall–Kier alpha value is -0.180. The second-order valence-electron chi connectivity index (χ2n) is 1.28. The summed E-state index contributed by atoms with van der Waals surface area (Å²) in [5.41, 5.74) is 0. The molecule has 0 aromatic carbocycles. The first-order chi connectivity index (χ1) is 3.91. The lowest BCUT2D eigenvalue weighted by Crippen LogP contribution is -1.91. The molecule has 0 spiro atoms. The summed E-state index contributed by atoms with van der Waals surface area (Å²) in [4.78, 5) is 9.41. The number of carbonyl (C=O) groups excluding carboxylic acids is 1. The molecule has 0 aromatic rings. The van der Waals surface area contributed by atoms with Crippen LogP contribution < -0.4 is 0 Å². The zero-order chi connectivity index (χ0) is 6.24. The van der Waals surface area contributed by atoms with E-state index < -0.39 is 0 Å². The van der Waals surface area contributed by atoms with Crippen LogP contribution in [0.25, 0.3) is 0 Å². The first-order valence-corrected chi connectivity index (χ1v) is 3.79. The summed E-state index contributed by atoms with van der Waals surface area (Å²) in [7, 11) is 0. The normalized spacial score (nSPS) is 8.62. The van der Waals surface area contributed by atoms with Gasteiger partial charge in [-0.05, 0) is 18.4 Å². The largest absolute Gasteiger partial charge is 0.457 e. The number of hydrogen-bond acceptors (Lipinski definition) is 3. The van der Waals surface area contributed by atoms with E-state index in [9.17, 15) is 4.79 Å². The Kier molecular flexibility index (Phi) is 6.67. The molecule has 0 amide bonds. The van der Waals surface area contributed by atoms with Gasteiger partial charge < -0.3 is 4.74 Å². The van der Waals surface area contributed by atoms with Crippen molar-refractivity contribution in [3.05, 3.63) is 0 Å². The summed E-state index contributed by atoms with van der Waals surface area (Å²) in [5.74, 6) is 1.04. The maximum absolute atomic E-state index is 9.41. The third-order valence-corrected chi connectivity index (χ3v) is 1.35. The monoisotopic (exact) mass is 133 g/mol. The highest BCUT2D eigenvalue weighted by molar-refractivity contribution is 7.98. The van der Waals surface area contributed by atoms with Crippen LogP contribution in [0.15, 0.2) is 0 Å². The highest BCUT2D eigenvalue weighted by Crippen LogP contribution is 1.93. The van der Waals surface area contributed by atoms with Crippen molar-refractivity contribution in [2.75, 3.05) is 18.6 Å². The number of ether oxygens (including phenoxy) is 1. The topological polar surface area (TPSA) is 26.3 Å². The standard InChI is InChI=1S/C5H9O2S/c1-8-4-2-3-7-5-6/h2-4H2,1H3. The molecule has 0 atom stereocenters. The maximum atomic E-state index is 9.41. The van der Waals surface area contributed by atoms with Crippen LogP contribution in [0, 0.1) is 0 Å². The van der Waals surface area contributed by atoms with Gasteiger partial charge in [0.05, 0.1) is 6.61 Å². The molecule has 8 heavy (non-hydrogen) atoms. The zero-order valence-electron chi connectivity index (χ0n) is 4.85. The number of rotatable bonds is 5. The molecule has 0 saturated carbocycles. The summed E-state index contributed by atoms with van der Waals surface area (Å²) in [5, 5.41) is 0. The summed E-state index contributed by atoms with van der Waals surface area (Å²) in [6.45, 7) is 1.87. The minimum atomic E-state index is 0.504. The van der Waals surface area contributed by atoms with E-state index in [1.807, 2.05) is 6.26 Å². The fraction of sp³-hybridized carbons (Fsp3) is 0.800. The number of thioether (sulfide) groups is 1. The van der Waals surface area contributed by atoms with Gasteiger partial charge in [0.1, 0.15) is 0 Å². The summed E-state index contributed by atoms with van der Waals surface area (Å²) in [6.07, 6.45) is 2.95. The lowest BCUT2D eigenvalue weighted by Gasteiger charge is -1.92. The average Bonchev–Trinajstić information content (AvgIpc) is 1.81. The van der Waals surface area contributed by atoms with Gasteiger partial charge >= 0.3 is 6.47 Å². The van der Waals surface area contributed by atoms with Crippen LogP contribution in [-0.2, 0) is 9.53 Å². The SMILES string of the molecule is CSCCCO[C]=O. The molecule has 0 bridgehead atoms. The van der Waals surface area contributed by atoms with Crippen LogP contribution >= 0.6 is 11.8 Å². The second-order valence-corrected chi connectivity index (χ2v) is 2.26. The predicted molar refractivity (Wildman–Crippen MR) is 34.6 cm³/mol. The smallest absolute Gasteiger partial charge is 0.417 e. The van der Waals surface area contributed by atoms with Crippen molar-refractivity contribution in [2.24, 2.45) is 0 Å². The molecule has 47 valence electrons. The van der Waals surface area contributed by atoms with E-state index in [4.69, 9.17) is 0 Å². The van der Waals surface area contributed by atoms with E-state index in [-0.39, 0.29) is 0 Å². The lowest BCUT2D eigenvalue weighted by molar-refractivity contribution is 0.279. The molecule has 0 aliphatic heterocycles. The maximum Gasteiger partial charge on any atom is 0.417 e. The van der Waals surface area contributed by atoms with Crippen LogP contribution in [0.1, 0.15) is 6.42 Å². The van der Waals surface area contributed by atoms with Gasteiger partial charge in [-0.2, -0.15) is 11.8 Å². The molecule has 0 unspecified atom stereocenters.